The van der Waals surface area contributed by atoms with Gasteiger partial charge < -0.3 is 15.0 Å². The minimum atomic E-state index is -1.84. The third-order valence-electron chi connectivity index (χ3n) is 11.4. The fourth-order valence-corrected chi connectivity index (χ4v) is 15.9. The van der Waals surface area contributed by atoms with Crippen molar-refractivity contribution in [3.05, 3.63) is 188 Å². The number of benzene rings is 2. The number of aromatic amines is 1. The van der Waals surface area contributed by atoms with E-state index in [1.165, 1.54) is 28.1 Å². The van der Waals surface area contributed by atoms with Gasteiger partial charge in [0.05, 0.1) is 6.42 Å². The monoisotopic (exact) mass is 975 g/mol. The summed E-state index contributed by atoms with van der Waals surface area (Å²) < 4.78 is 3.49. The number of rotatable bonds is 12. The molecule has 0 bridgehead atoms. The number of ketones is 1. The van der Waals surface area contributed by atoms with E-state index in [0.29, 0.717) is 37.8 Å². The smallest absolute Gasteiger partial charge is 0.248 e. The Labute approximate surface area is 396 Å². The Morgan fingerprint density at radius 1 is 0.703 bits per heavy atom. The maximum Gasteiger partial charge on any atom is 0.248 e. The Morgan fingerprint density at radius 3 is 1.84 bits per heavy atom. The SMILES string of the molecule is C.CC(C)[Si](C(C)C)(C(C)C)n1cc(Cc2ccc(Br)nc2)c2cccnc21.NC(=O)c1cccc(Cl)c1.O=C(Cc1ccc(Cc2c[nH]c3ncccc23)cn1)c1cccc(Cl)c1. The van der Waals surface area contributed by atoms with Gasteiger partial charge >= 0.3 is 0 Å². The van der Waals surface area contributed by atoms with Crippen molar-refractivity contribution in [2.75, 3.05) is 0 Å². The van der Waals surface area contributed by atoms with Gasteiger partial charge in [0.2, 0.25) is 5.91 Å². The fraction of sp³-hybridized carbons (Fsp3) is 0.255. The molecule has 2 aromatic carbocycles. The van der Waals surface area contributed by atoms with Gasteiger partial charge in [-0.05, 0) is 122 Å². The quantitative estimate of drug-likeness (QED) is 0.0712. The highest BCUT2D eigenvalue weighted by molar-refractivity contribution is 9.10. The molecular weight excluding hydrogens is 922 g/mol. The topological polar surface area (TPSA) is 132 Å². The second-order valence-corrected chi connectivity index (χ2v) is 23.9. The van der Waals surface area contributed by atoms with E-state index in [-0.39, 0.29) is 19.6 Å². The van der Waals surface area contributed by atoms with Gasteiger partial charge in [0.1, 0.15) is 15.9 Å². The van der Waals surface area contributed by atoms with Crippen LogP contribution in [0.1, 0.15) is 97.6 Å². The number of H-pyrrole nitrogens is 1. The standard InChI is InChI=1S/C22H30BrN3Si.C21H16ClN3O.C7H6ClNO.CH4/c1-15(2)27(16(3)4,17(5)6)26-14-19(20-8-7-11-24-22(20)26)12-18-9-10-21(23)25-13-18;22-17-4-1-3-15(10-17)20(26)11-18-7-6-14(12-24-18)9-16-13-25-21-19(16)5-2-8-23-21;8-6-3-1-2-5(4-6)7(9)10;/h7-11,13-17H,12H2,1-6H3;1-8,10,12-13H,9,11H2,(H,23,25);1-4H,(H2,9,10);1H4. The van der Waals surface area contributed by atoms with E-state index in [0.717, 1.165) is 45.4 Å². The molecule has 0 radical (unpaired) electrons. The van der Waals surface area contributed by atoms with Gasteiger partial charge in [-0.3, -0.25) is 14.6 Å². The lowest BCUT2D eigenvalue weighted by atomic mass is 10.0. The van der Waals surface area contributed by atoms with Gasteiger partial charge in [-0.1, -0.05) is 103 Å². The van der Waals surface area contributed by atoms with Crippen LogP contribution in [-0.4, -0.2) is 49.1 Å². The first-order chi connectivity index (χ1) is 30.2. The number of fused-ring (bicyclic) bond motifs is 2. The first-order valence-corrected chi connectivity index (χ1v) is 24.6. The third-order valence-corrected chi connectivity index (χ3v) is 19.1. The second kappa shape index (κ2) is 22.4. The third kappa shape index (κ3) is 11.8. The van der Waals surface area contributed by atoms with Crippen LogP contribution in [0.4, 0.5) is 0 Å². The van der Waals surface area contributed by atoms with Crippen LogP contribution in [0, 0.1) is 0 Å². The molecule has 3 N–H and O–H groups in total. The molecule has 8 aromatic rings. The summed E-state index contributed by atoms with van der Waals surface area (Å²) in [6.07, 6.45) is 13.8. The lowest BCUT2D eigenvalue weighted by molar-refractivity contribution is 0.0986. The first kappa shape index (κ1) is 49.6. The fourth-order valence-electron chi connectivity index (χ4n) is 8.74. The lowest BCUT2D eigenvalue weighted by Crippen LogP contribution is -2.51. The zero-order valence-corrected chi connectivity index (χ0v) is 40.4. The van der Waals surface area contributed by atoms with Crippen LogP contribution >= 0.6 is 39.1 Å². The molecule has 0 aliphatic rings. The minimum absolute atomic E-state index is 0. The molecule has 8 rings (SSSR count). The minimum Gasteiger partial charge on any atom is -0.366 e. The number of hydrogen-bond acceptors (Lipinski definition) is 6. The average molecular weight is 978 g/mol. The summed E-state index contributed by atoms with van der Waals surface area (Å²) in [4.78, 5) is 44.0. The van der Waals surface area contributed by atoms with Gasteiger partial charge in [0.25, 0.3) is 0 Å². The van der Waals surface area contributed by atoms with Crippen molar-refractivity contribution >= 4 is 81.1 Å². The van der Waals surface area contributed by atoms with E-state index < -0.39 is 14.1 Å². The Hall–Kier alpha value is -5.46. The van der Waals surface area contributed by atoms with Crippen molar-refractivity contribution in [3.8, 4) is 0 Å². The zero-order chi connectivity index (χ0) is 45.3. The molecule has 0 atom stereocenters. The van der Waals surface area contributed by atoms with Gasteiger partial charge in [0, 0.05) is 87.7 Å². The van der Waals surface area contributed by atoms with Crippen molar-refractivity contribution in [1.82, 2.24) is 29.2 Å². The highest BCUT2D eigenvalue weighted by Crippen LogP contribution is 2.44. The molecule has 6 aromatic heterocycles. The highest BCUT2D eigenvalue weighted by Gasteiger charge is 2.46. The number of Topliss-reactive ketones (excluding diaryl/α,β-unsaturated/α-hetero) is 1. The Bertz CT molecular complexity index is 2780. The van der Waals surface area contributed by atoms with Crippen LogP contribution in [0.5, 0.6) is 0 Å². The molecule has 9 nitrogen and oxygen atoms in total. The summed E-state index contributed by atoms with van der Waals surface area (Å²) in [5.74, 6) is -0.446. The van der Waals surface area contributed by atoms with E-state index in [1.54, 1.807) is 48.7 Å². The molecule has 0 saturated heterocycles. The number of pyridine rings is 4. The molecule has 1 amide bonds. The molecule has 332 valence electrons. The van der Waals surface area contributed by atoms with Crippen molar-refractivity contribution in [2.24, 2.45) is 5.73 Å². The summed E-state index contributed by atoms with van der Waals surface area (Å²) in [5, 5.41) is 3.48. The van der Waals surface area contributed by atoms with E-state index in [9.17, 15) is 9.59 Å². The molecule has 0 aliphatic carbocycles. The van der Waals surface area contributed by atoms with Gasteiger partial charge in [0.15, 0.2) is 14.0 Å². The van der Waals surface area contributed by atoms with Crippen molar-refractivity contribution < 1.29 is 9.59 Å². The summed E-state index contributed by atoms with van der Waals surface area (Å²) in [5.41, 5.74) is 15.6. The second-order valence-electron chi connectivity index (χ2n) is 16.4. The van der Waals surface area contributed by atoms with Crippen LogP contribution < -0.4 is 5.73 Å². The maximum absolute atomic E-state index is 12.3. The van der Waals surface area contributed by atoms with Crippen LogP contribution in [0.3, 0.4) is 0 Å². The van der Waals surface area contributed by atoms with Crippen molar-refractivity contribution in [1.29, 1.82) is 0 Å². The molecule has 0 aliphatic heterocycles. The molecule has 0 saturated carbocycles. The van der Waals surface area contributed by atoms with Crippen molar-refractivity contribution in [2.45, 2.75) is 84.9 Å². The van der Waals surface area contributed by atoms with Crippen LogP contribution in [0.25, 0.3) is 22.1 Å². The summed E-state index contributed by atoms with van der Waals surface area (Å²) >= 11 is 15.0. The molecule has 0 unspecified atom stereocenters. The summed E-state index contributed by atoms with van der Waals surface area (Å²) in [6, 6.07) is 29.9. The van der Waals surface area contributed by atoms with Gasteiger partial charge in [-0.2, -0.15) is 0 Å². The van der Waals surface area contributed by atoms with Gasteiger partial charge in [-0.15, -0.1) is 0 Å². The number of halogens is 3. The maximum atomic E-state index is 12.3. The largest absolute Gasteiger partial charge is 0.366 e. The van der Waals surface area contributed by atoms with Crippen LogP contribution in [0.15, 0.2) is 139 Å². The van der Waals surface area contributed by atoms with Crippen LogP contribution in [-0.2, 0) is 19.3 Å². The number of primary amides is 1. The van der Waals surface area contributed by atoms with E-state index in [1.807, 2.05) is 49.1 Å². The number of nitrogens with zero attached hydrogens (tertiary/aromatic N) is 5. The van der Waals surface area contributed by atoms with E-state index in [4.69, 9.17) is 33.9 Å². The molecule has 0 spiro atoms. The summed E-state index contributed by atoms with van der Waals surface area (Å²) in [6.45, 7) is 14.4. The van der Waals surface area contributed by atoms with Crippen molar-refractivity contribution in [3.63, 3.8) is 0 Å². The number of hydrogen-bond donors (Lipinski definition) is 2. The summed E-state index contributed by atoms with van der Waals surface area (Å²) in [7, 11) is -1.84. The molecule has 13 heteroatoms. The van der Waals surface area contributed by atoms with E-state index >= 15 is 0 Å². The number of nitrogens with two attached hydrogens (primary N) is 1. The molecule has 64 heavy (non-hydrogen) atoms. The highest BCUT2D eigenvalue weighted by atomic mass is 79.9. The molecular formula is C51H56BrCl2N7O2Si. The number of carbonyl (C=O) groups is 2. The number of carbonyl (C=O) groups excluding carboxylic acids is 2. The molecule has 6 heterocycles. The zero-order valence-electron chi connectivity index (χ0n) is 36.3. The van der Waals surface area contributed by atoms with Gasteiger partial charge in [-0.25, -0.2) is 15.0 Å². The number of amides is 1. The lowest BCUT2D eigenvalue weighted by Gasteiger charge is -2.44. The first-order valence-electron chi connectivity index (χ1n) is 20.9. The average Bonchev–Trinajstić information content (AvgIpc) is 3.84. The Kier molecular flexibility index (Phi) is 17.4. The number of nitrogens with one attached hydrogen (secondary N) is 1. The predicted octanol–water partition coefficient (Wildman–Crippen LogP) is 13.5. The van der Waals surface area contributed by atoms with E-state index in [2.05, 4.69) is 112 Å². The normalized spacial score (nSPS) is 11.2. The number of aromatic nitrogens is 6. The Balaban J connectivity index is 0.000000196. The molecule has 0 fully saturated rings. The predicted molar refractivity (Wildman–Crippen MR) is 270 cm³/mol. The Morgan fingerprint density at radius 2 is 1.28 bits per heavy atom. The van der Waals surface area contributed by atoms with Crippen LogP contribution in [0.2, 0.25) is 26.7 Å².